The minimum Gasteiger partial charge on any atom is -0.447 e. The van der Waals surface area contributed by atoms with Gasteiger partial charge in [-0.05, 0) is 46.6 Å². The van der Waals surface area contributed by atoms with Crippen LogP contribution in [-0.4, -0.2) is 16.6 Å². The molecule has 0 fully saturated rings. The zero-order valence-corrected chi connectivity index (χ0v) is 14.2. The molecule has 7 heteroatoms. The van der Waals surface area contributed by atoms with Crippen molar-refractivity contribution in [2.45, 2.75) is 12.5 Å². The molecule has 3 aromatic rings. The van der Waals surface area contributed by atoms with Gasteiger partial charge in [-0.15, -0.1) is 11.3 Å². The fourth-order valence-electron chi connectivity index (χ4n) is 2.54. The Labute approximate surface area is 145 Å². The van der Waals surface area contributed by atoms with Gasteiger partial charge in [0, 0.05) is 11.8 Å². The van der Waals surface area contributed by atoms with Crippen LogP contribution in [0.3, 0.4) is 0 Å². The summed E-state index contributed by atoms with van der Waals surface area (Å²) in [6, 6.07) is 9.00. The molecule has 0 saturated heterocycles. The van der Waals surface area contributed by atoms with E-state index >= 15 is 0 Å². The van der Waals surface area contributed by atoms with E-state index < -0.39 is 0 Å². The van der Waals surface area contributed by atoms with Crippen LogP contribution in [0.1, 0.15) is 33.5 Å². The summed E-state index contributed by atoms with van der Waals surface area (Å²) in [5.74, 6) is 0.518. The van der Waals surface area contributed by atoms with Gasteiger partial charge in [-0.3, -0.25) is 4.79 Å². The van der Waals surface area contributed by atoms with Gasteiger partial charge < -0.3 is 4.42 Å². The van der Waals surface area contributed by atoms with Gasteiger partial charge in [0.15, 0.2) is 5.22 Å². The minimum atomic E-state index is -0.271. The summed E-state index contributed by atoms with van der Waals surface area (Å²) in [6.45, 7) is 0. The second-order valence-electron chi connectivity index (χ2n) is 5.05. The van der Waals surface area contributed by atoms with E-state index in [1.54, 1.807) is 29.5 Å². The van der Waals surface area contributed by atoms with E-state index in [0.29, 0.717) is 23.0 Å². The highest BCUT2D eigenvalue weighted by Gasteiger charge is 2.36. The first-order valence-electron chi connectivity index (χ1n) is 6.95. The van der Waals surface area contributed by atoms with Gasteiger partial charge >= 0.3 is 0 Å². The second kappa shape index (κ2) is 5.96. The second-order valence-corrected chi connectivity index (χ2v) is 7.15. The fourth-order valence-corrected chi connectivity index (χ4v) is 4.04. The van der Waals surface area contributed by atoms with Gasteiger partial charge in [0.2, 0.25) is 0 Å². The van der Waals surface area contributed by atoms with Crippen LogP contribution in [0.15, 0.2) is 56.0 Å². The molecule has 0 bridgehead atoms. The molecule has 0 spiro atoms. The Kier molecular flexibility index (Phi) is 3.80. The molecule has 116 valence electrons. The van der Waals surface area contributed by atoms with E-state index in [-0.39, 0.29) is 11.9 Å². The highest BCUT2D eigenvalue weighted by molar-refractivity contribution is 7.12. The SMILES string of the molecule is O=C(c1ccsc1)N1N=C(c2cccs2)C[C@@H]1c1ccc(Cl)o1. The average molecular weight is 363 g/mol. The highest BCUT2D eigenvalue weighted by atomic mass is 35.5. The molecular weight excluding hydrogens is 352 g/mol. The summed E-state index contributed by atoms with van der Waals surface area (Å²) in [4.78, 5) is 13.8. The lowest BCUT2D eigenvalue weighted by Crippen LogP contribution is -2.26. The van der Waals surface area contributed by atoms with Crippen molar-refractivity contribution in [3.8, 4) is 0 Å². The first-order valence-corrected chi connectivity index (χ1v) is 9.15. The van der Waals surface area contributed by atoms with E-state index in [1.165, 1.54) is 16.3 Å². The molecule has 0 aliphatic carbocycles. The number of nitrogens with zero attached hydrogens (tertiary/aromatic N) is 2. The van der Waals surface area contributed by atoms with E-state index in [4.69, 9.17) is 16.0 Å². The normalized spacial score (nSPS) is 17.5. The van der Waals surface area contributed by atoms with Gasteiger partial charge in [-0.1, -0.05) is 6.07 Å². The molecular formula is C16H11ClN2O2S2. The molecule has 1 aliphatic rings. The number of hydrogen-bond donors (Lipinski definition) is 0. The number of carbonyl (C=O) groups excluding carboxylic acids is 1. The standard InChI is InChI=1S/C16H11ClN2O2S2/c17-15-4-3-13(21-15)12-8-11(14-2-1-6-23-14)18-19(12)16(20)10-5-7-22-9-10/h1-7,9,12H,8H2/t12-/m1/s1. The Bertz CT molecular complexity index is 853. The lowest BCUT2D eigenvalue weighted by molar-refractivity contribution is 0.0693. The fraction of sp³-hybridized carbons (Fsp3) is 0.125. The third-order valence-electron chi connectivity index (χ3n) is 3.61. The number of thiophene rings is 2. The number of amides is 1. The van der Waals surface area contributed by atoms with Crippen LogP contribution in [0.2, 0.25) is 5.22 Å². The molecule has 0 aromatic carbocycles. The predicted molar refractivity (Wildman–Crippen MR) is 92.4 cm³/mol. The Balaban J connectivity index is 1.72. The third-order valence-corrected chi connectivity index (χ3v) is 5.42. The quantitative estimate of drug-likeness (QED) is 0.654. The van der Waals surface area contributed by atoms with Crippen LogP contribution >= 0.6 is 34.3 Å². The first-order chi connectivity index (χ1) is 11.2. The molecule has 0 radical (unpaired) electrons. The van der Waals surface area contributed by atoms with Crippen molar-refractivity contribution in [2.75, 3.05) is 0 Å². The first kappa shape index (κ1) is 14.7. The van der Waals surface area contributed by atoms with E-state index in [9.17, 15) is 4.79 Å². The van der Waals surface area contributed by atoms with Crippen LogP contribution in [0, 0.1) is 0 Å². The number of hydrazone groups is 1. The molecule has 4 heterocycles. The molecule has 1 atom stereocenters. The molecule has 0 N–H and O–H groups in total. The number of carbonyl (C=O) groups is 1. The molecule has 1 amide bonds. The average Bonchev–Trinajstić information content (AvgIpc) is 3.31. The van der Waals surface area contributed by atoms with Crippen molar-refractivity contribution in [2.24, 2.45) is 5.10 Å². The van der Waals surface area contributed by atoms with Crippen LogP contribution < -0.4 is 0 Å². The maximum absolute atomic E-state index is 12.8. The zero-order valence-electron chi connectivity index (χ0n) is 11.8. The topological polar surface area (TPSA) is 45.8 Å². The monoisotopic (exact) mass is 362 g/mol. The predicted octanol–water partition coefficient (Wildman–Crippen LogP) is 5.05. The summed E-state index contributed by atoms with van der Waals surface area (Å²) in [5, 5.41) is 12.1. The third kappa shape index (κ3) is 2.73. The summed E-state index contributed by atoms with van der Waals surface area (Å²) in [5.41, 5.74) is 1.52. The zero-order chi connectivity index (χ0) is 15.8. The number of furan rings is 1. The Morgan fingerprint density at radius 2 is 2.22 bits per heavy atom. The number of rotatable bonds is 3. The molecule has 1 aliphatic heterocycles. The molecule has 0 unspecified atom stereocenters. The molecule has 23 heavy (non-hydrogen) atoms. The van der Waals surface area contributed by atoms with Crippen molar-refractivity contribution < 1.29 is 9.21 Å². The van der Waals surface area contributed by atoms with Gasteiger partial charge in [0.05, 0.1) is 16.2 Å². The number of halogens is 1. The van der Waals surface area contributed by atoms with Crippen LogP contribution in [-0.2, 0) is 0 Å². The molecule has 3 aromatic heterocycles. The number of hydrogen-bond acceptors (Lipinski definition) is 5. The largest absolute Gasteiger partial charge is 0.447 e. The van der Waals surface area contributed by atoms with Gasteiger partial charge in [-0.25, -0.2) is 5.01 Å². The van der Waals surface area contributed by atoms with E-state index in [0.717, 1.165) is 10.6 Å². The lowest BCUT2D eigenvalue weighted by Gasteiger charge is -2.19. The maximum Gasteiger partial charge on any atom is 0.275 e. The Hall–Kier alpha value is -1.89. The smallest absolute Gasteiger partial charge is 0.275 e. The van der Waals surface area contributed by atoms with E-state index in [2.05, 4.69) is 5.10 Å². The summed E-state index contributed by atoms with van der Waals surface area (Å²) in [7, 11) is 0. The summed E-state index contributed by atoms with van der Waals surface area (Å²) >= 11 is 9.00. The molecule has 4 rings (SSSR count). The van der Waals surface area contributed by atoms with Crippen LogP contribution in [0.5, 0.6) is 0 Å². The molecule has 0 saturated carbocycles. The van der Waals surface area contributed by atoms with Gasteiger partial charge in [-0.2, -0.15) is 16.4 Å². The van der Waals surface area contributed by atoms with Crippen molar-refractivity contribution in [1.29, 1.82) is 0 Å². The Morgan fingerprint density at radius 1 is 1.30 bits per heavy atom. The van der Waals surface area contributed by atoms with E-state index in [1.807, 2.05) is 28.3 Å². The van der Waals surface area contributed by atoms with Crippen LogP contribution in [0.25, 0.3) is 0 Å². The van der Waals surface area contributed by atoms with Crippen molar-refractivity contribution in [3.63, 3.8) is 0 Å². The maximum atomic E-state index is 12.8. The van der Waals surface area contributed by atoms with Crippen LogP contribution in [0.4, 0.5) is 0 Å². The highest BCUT2D eigenvalue weighted by Crippen LogP contribution is 2.36. The summed E-state index contributed by atoms with van der Waals surface area (Å²) in [6.07, 6.45) is 0.611. The van der Waals surface area contributed by atoms with Crippen molar-refractivity contribution in [1.82, 2.24) is 5.01 Å². The minimum absolute atomic E-state index is 0.129. The summed E-state index contributed by atoms with van der Waals surface area (Å²) < 4.78 is 5.54. The molecule has 4 nitrogen and oxygen atoms in total. The van der Waals surface area contributed by atoms with Crippen molar-refractivity contribution in [3.05, 3.63) is 67.9 Å². The van der Waals surface area contributed by atoms with Gasteiger partial charge in [0.25, 0.3) is 5.91 Å². The van der Waals surface area contributed by atoms with Gasteiger partial charge in [0.1, 0.15) is 11.8 Å². The Morgan fingerprint density at radius 3 is 2.87 bits per heavy atom. The van der Waals surface area contributed by atoms with Crippen molar-refractivity contribution >= 4 is 45.9 Å². The lowest BCUT2D eigenvalue weighted by atomic mass is 10.1.